The zero-order valence-electron chi connectivity index (χ0n) is 12.4. The van der Waals surface area contributed by atoms with Gasteiger partial charge in [0.2, 0.25) is 5.91 Å². The van der Waals surface area contributed by atoms with E-state index >= 15 is 0 Å². The summed E-state index contributed by atoms with van der Waals surface area (Å²) < 4.78 is 0. The summed E-state index contributed by atoms with van der Waals surface area (Å²) in [5.74, 6) is -1.27. The molecule has 2 atom stereocenters. The Hall–Kier alpha value is -1.79. The van der Waals surface area contributed by atoms with Gasteiger partial charge in [-0.15, -0.1) is 0 Å². The number of carboxylic acid groups (broad SMARTS) is 1. The lowest BCUT2D eigenvalue weighted by Gasteiger charge is -2.15. The molecule has 7 heteroatoms. The Morgan fingerprint density at radius 1 is 1.05 bits per heavy atom. The maximum Gasteiger partial charge on any atom is 0.315 e. The average Bonchev–Trinajstić information content (AvgIpc) is 2.34. The number of amides is 3. The van der Waals surface area contributed by atoms with Crippen LogP contribution >= 0.6 is 0 Å². The molecule has 0 aliphatic carbocycles. The van der Waals surface area contributed by atoms with Gasteiger partial charge in [-0.2, -0.15) is 0 Å². The molecule has 0 bridgehead atoms. The summed E-state index contributed by atoms with van der Waals surface area (Å²) in [6, 6.07) is -0.300. The minimum Gasteiger partial charge on any atom is -0.481 e. The van der Waals surface area contributed by atoms with Gasteiger partial charge in [-0.25, -0.2) is 4.79 Å². The van der Waals surface area contributed by atoms with E-state index in [0.717, 1.165) is 12.8 Å². The second-order valence-corrected chi connectivity index (χ2v) is 4.95. The molecule has 2 unspecified atom stereocenters. The number of carbonyl (C=O) groups is 3. The summed E-state index contributed by atoms with van der Waals surface area (Å²) in [6.45, 7) is 5.73. The van der Waals surface area contributed by atoms with Crippen molar-refractivity contribution in [1.29, 1.82) is 0 Å². The Bertz CT molecular complexity index is 334. The third-order valence-corrected chi connectivity index (χ3v) is 2.86. The van der Waals surface area contributed by atoms with Gasteiger partial charge in [0.25, 0.3) is 0 Å². The molecule has 20 heavy (non-hydrogen) atoms. The van der Waals surface area contributed by atoms with Gasteiger partial charge in [0, 0.05) is 26.1 Å². The third kappa shape index (κ3) is 10.2. The Morgan fingerprint density at radius 3 is 2.20 bits per heavy atom. The molecule has 3 amide bonds. The molecule has 0 aromatic rings. The summed E-state index contributed by atoms with van der Waals surface area (Å²) >= 11 is 0. The van der Waals surface area contributed by atoms with Crippen molar-refractivity contribution < 1.29 is 19.5 Å². The fourth-order valence-electron chi connectivity index (χ4n) is 1.62. The fraction of sp³-hybridized carbons (Fsp3) is 0.769. The molecule has 0 aliphatic heterocycles. The lowest BCUT2D eigenvalue weighted by Crippen LogP contribution is -2.43. The van der Waals surface area contributed by atoms with Crippen molar-refractivity contribution in [3.63, 3.8) is 0 Å². The number of carbonyl (C=O) groups excluding carboxylic acids is 2. The molecule has 0 spiro atoms. The van der Waals surface area contributed by atoms with Crippen molar-refractivity contribution in [3.05, 3.63) is 0 Å². The number of urea groups is 1. The van der Waals surface area contributed by atoms with Crippen molar-refractivity contribution in [2.75, 3.05) is 13.1 Å². The predicted octanol–water partition coefficient (Wildman–Crippen LogP) is 0.701. The van der Waals surface area contributed by atoms with E-state index in [1.165, 1.54) is 6.92 Å². The Morgan fingerprint density at radius 2 is 1.65 bits per heavy atom. The first kappa shape index (κ1) is 18.2. The number of aliphatic carboxylic acids is 1. The highest BCUT2D eigenvalue weighted by Crippen LogP contribution is 2.09. The standard InChI is InChI=1S/C13H25N3O4/c1-9(12(18)19)5-4-6-10(2)16-13(20)15-8-7-14-11(3)17/h9-10H,4-8H2,1-3H3,(H,14,17)(H,18,19)(H2,15,16,20). The summed E-state index contributed by atoms with van der Waals surface area (Å²) in [5.41, 5.74) is 0. The fourth-order valence-corrected chi connectivity index (χ4v) is 1.62. The van der Waals surface area contributed by atoms with Crippen molar-refractivity contribution in [2.45, 2.75) is 46.1 Å². The second kappa shape index (κ2) is 10.1. The largest absolute Gasteiger partial charge is 0.481 e. The monoisotopic (exact) mass is 287 g/mol. The summed E-state index contributed by atoms with van der Waals surface area (Å²) in [4.78, 5) is 32.7. The zero-order valence-corrected chi connectivity index (χ0v) is 12.4. The van der Waals surface area contributed by atoms with Gasteiger partial charge in [-0.05, 0) is 19.8 Å². The van der Waals surface area contributed by atoms with E-state index in [1.54, 1.807) is 6.92 Å². The number of carboxylic acids is 1. The van der Waals surface area contributed by atoms with E-state index in [4.69, 9.17) is 5.11 Å². The van der Waals surface area contributed by atoms with Crippen molar-refractivity contribution >= 4 is 17.9 Å². The molecule has 4 N–H and O–H groups in total. The van der Waals surface area contributed by atoms with Crippen LogP contribution in [-0.2, 0) is 9.59 Å². The van der Waals surface area contributed by atoms with Crippen LogP contribution in [0.1, 0.15) is 40.0 Å². The van der Waals surface area contributed by atoms with Crippen LogP contribution in [0, 0.1) is 5.92 Å². The minimum absolute atomic E-state index is 0.0169. The van der Waals surface area contributed by atoms with Crippen molar-refractivity contribution in [2.24, 2.45) is 5.92 Å². The molecule has 0 heterocycles. The van der Waals surface area contributed by atoms with Crippen LogP contribution in [0.5, 0.6) is 0 Å². The van der Waals surface area contributed by atoms with E-state index in [1.807, 2.05) is 6.92 Å². The maximum atomic E-state index is 11.5. The van der Waals surface area contributed by atoms with E-state index in [0.29, 0.717) is 19.5 Å². The van der Waals surface area contributed by atoms with Crippen LogP contribution < -0.4 is 16.0 Å². The average molecular weight is 287 g/mol. The van der Waals surface area contributed by atoms with E-state index in [-0.39, 0.29) is 23.9 Å². The summed E-state index contributed by atoms with van der Waals surface area (Å²) in [5, 5.41) is 16.7. The molecule has 0 aromatic carbocycles. The molecule has 0 aromatic heterocycles. The van der Waals surface area contributed by atoms with Gasteiger partial charge in [0.1, 0.15) is 0 Å². The van der Waals surface area contributed by atoms with Crippen LogP contribution in [0.3, 0.4) is 0 Å². The molecular weight excluding hydrogens is 262 g/mol. The van der Waals surface area contributed by atoms with Gasteiger partial charge in [-0.1, -0.05) is 13.3 Å². The molecule has 0 rings (SSSR count). The highest BCUT2D eigenvalue weighted by Gasteiger charge is 2.12. The van der Waals surface area contributed by atoms with Crippen LogP contribution in [0.4, 0.5) is 4.79 Å². The van der Waals surface area contributed by atoms with Crippen LogP contribution in [0.2, 0.25) is 0 Å². The molecule has 116 valence electrons. The minimum atomic E-state index is -0.790. The lowest BCUT2D eigenvalue weighted by molar-refractivity contribution is -0.141. The number of nitrogens with one attached hydrogen (secondary N) is 3. The molecule has 0 saturated heterocycles. The molecule has 7 nitrogen and oxygen atoms in total. The molecule has 0 saturated carbocycles. The summed E-state index contributed by atoms with van der Waals surface area (Å²) in [6.07, 6.45) is 2.09. The van der Waals surface area contributed by atoms with Crippen LogP contribution in [0.25, 0.3) is 0 Å². The van der Waals surface area contributed by atoms with Gasteiger partial charge in [0.05, 0.1) is 5.92 Å². The highest BCUT2D eigenvalue weighted by atomic mass is 16.4. The van der Waals surface area contributed by atoms with Gasteiger partial charge >= 0.3 is 12.0 Å². The Labute approximate surface area is 119 Å². The van der Waals surface area contributed by atoms with E-state index in [9.17, 15) is 14.4 Å². The molecular formula is C13H25N3O4. The molecule has 0 fully saturated rings. The lowest BCUT2D eigenvalue weighted by atomic mass is 10.0. The topological polar surface area (TPSA) is 108 Å². The van der Waals surface area contributed by atoms with Crippen LogP contribution in [-0.4, -0.2) is 42.1 Å². The summed E-state index contributed by atoms with van der Waals surface area (Å²) in [7, 11) is 0. The van der Waals surface area contributed by atoms with Gasteiger partial charge < -0.3 is 21.1 Å². The normalized spacial score (nSPS) is 13.2. The predicted molar refractivity (Wildman–Crippen MR) is 75.3 cm³/mol. The van der Waals surface area contributed by atoms with E-state index < -0.39 is 5.97 Å². The molecule has 0 radical (unpaired) electrons. The quantitative estimate of drug-likeness (QED) is 0.468. The van der Waals surface area contributed by atoms with Gasteiger partial charge in [-0.3, -0.25) is 9.59 Å². The van der Waals surface area contributed by atoms with E-state index in [2.05, 4.69) is 16.0 Å². The first-order valence-corrected chi connectivity index (χ1v) is 6.84. The second-order valence-electron chi connectivity index (χ2n) is 4.95. The molecule has 0 aliphatic rings. The zero-order chi connectivity index (χ0) is 15.5. The van der Waals surface area contributed by atoms with Crippen molar-refractivity contribution in [1.82, 2.24) is 16.0 Å². The van der Waals surface area contributed by atoms with Gasteiger partial charge in [0.15, 0.2) is 0 Å². The number of hydrogen-bond acceptors (Lipinski definition) is 3. The Balaban J connectivity index is 3.64. The number of rotatable bonds is 9. The number of hydrogen-bond donors (Lipinski definition) is 4. The SMILES string of the molecule is CC(=O)NCCNC(=O)NC(C)CCCC(C)C(=O)O. The van der Waals surface area contributed by atoms with Crippen molar-refractivity contribution in [3.8, 4) is 0 Å². The maximum absolute atomic E-state index is 11.5. The highest BCUT2D eigenvalue weighted by molar-refractivity contribution is 5.74. The smallest absolute Gasteiger partial charge is 0.315 e. The Kier molecular flexibility index (Phi) is 9.15. The third-order valence-electron chi connectivity index (χ3n) is 2.86. The first-order valence-electron chi connectivity index (χ1n) is 6.84. The van der Waals surface area contributed by atoms with Crippen LogP contribution in [0.15, 0.2) is 0 Å². The first-order chi connectivity index (χ1) is 9.32.